The maximum Gasteiger partial charge on any atom is 0.297 e. The van der Waals surface area contributed by atoms with Crippen molar-refractivity contribution in [3.63, 3.8) is 0 Å². The normalized spacial score (nSPS) is 10.1. The van der Waals surface area contributed by atoms with Crippen LogP contribution in [0.2, 0.25) is 5.02 Å². The van der Waals surface area contributed by atoms with Gasteiger partial charge in [-0.25, -0.2) is 4.39 Å². The zero-order valence-electron chi connectivity index (χ0n) is 7.74. The summed E-state index contributed by atoms with van der Waals surface area (Å²) in [5.74, 6) is -1.56. The molecular weight excluding hydrogens is 237 g/mol. The van der Waals surface area contributed by atoms with Crippen LogP contribution in [-0.4, -0.2) is 26.5 Å². The first-order valence-corrected chi connectivity index (χ1v) is 4.55. The molecule has 0 aliphatic rings. The third-order valence-corrected chi connectivity index (χ3v) is 2.04. The van der Waals surface area contributed by atoms with Gasteiger partial charge in [0.05, 0.1) is 10.7 Å². The van der Waals surface area contributed by atoms with Gasteiger partial charge < -0.3 is 5.32 Å². The molecule has 0 aliphatic carbocycles. The quantitative estimate of drug-likeness (QED) is 0.829. The number of aromatic nitrogens is 4. The van der Waals surface area contributed by atoms with Crippen LogP contribution in [0.4, 0.5) is 10.1 Å². The zero-order chi connectivity index (χ0) is 11.5. The Hall–Kier alpha value is -2.02. The Bertz CT molecular complexity index is 515. The van der Waals surface area contributed by atoms with Gasteiger partial charge >= 0.3 is 0 Å². The maximum absolute atomic E-state index is 13.4. The summed E-state index contributed by atoms with van der Waals surface area (Å²) < 4.78 is 13.4. The summed E-state index contributed by atoms with van der Waals surface area (Å²) in [6.45, 7) is 0. The van der Waals surface area contributed by atoms with Crippen molar-refractivity contribution in [2.75, 3.05) is 5.32 Å². The van der Waals surface area contributed by atoms with Crippen LogP contribution in [0.3, 0.4) is 0 Å². The zero-order valence-corrected chi connectivity index (χ0v) is 8.49. The fourth-order valence-electron chi connectivity index (χ4n) is 1.04. The molecule has 0 bridgehead atoms. The second-order valence-corrected chi connectivity index (χ2v) is 3.20. The van der Waals surface area contributed by atoms with Gasteiger partial charge in [0.1, 0.15) is 0 Å². The average molecular weight is 242 g/mol. The Kier molecular flexibility index (Phi) is 2.78. The van der Waals surface area contributed by atoms with Crippen LogP contribution in [0.25, 0.3) is 0 Å². The number of benzene rings is 1. The molecular formula is C8H5ClFN5O. The van der Waals surface area contributed by atoms with E-state index in [0.717, 1.165) is 0 Å². The first-order valence-electron chi connectivity index (χ1n) is 4.17. The van der Waals surface area contributed by atoms with Crippen LogP contribution >= 0.6 is 11.6 Å². The summed E-state index contributed by atoms with van der Waals surface area (Å²) in [4.78, 5) is 11.4. The number of H-pyrrole nitrogens is 1. The minimum Gasteiger partial charge on any atom is -0.317 e. The fraction of sp³-hybridized carbons (Fsp3) is 0. The monoisotopic (exact) mass is 241 g/mol. The van der Waals surface area contributed by atoms with Gasteiger partial charge in [-0.2, -0.15) is 5.21 Å². The van der Waals surface area contributed by atoms with Crippen molar-refractivity contribution in [2.24, 2.45) is 0 Å². The van der Waals surface area contributed by atoms with Gasteiger partial charge in [-0.05, 0) is 17.3 Å². The molecule has 0 radical (unpaired) electrons. The Morgan fingerprint density at radius 3 is 3.00 bits per heavy atom. The number of hydrogen-bond acceptors (Lipinski definition) is 4. The lowest BCUT2D eigenvalue weighted by Crippen LogP contribution is -2.14. The van der Waals surface area contributed by atoms with Gasteiger partial charge in [-0.1, -0.05) is 17.7 Å². The lowest BCUT2D eigenvalue weighted by molar-refractivity contribution is 0.101. The molecule has 2 aromatic rings. The number of carbonyl (C=O) groups is 1. The second-order valence-electron chi connectivity index (χ2n) is 2.79. The number of amides is 1. The van der Waals surface area contributed by atoms with Gasteiger partial charge in [0.15, 0.2) is 5.82 Å². The number of tetrazole rings is 1. The summed E-state index contributed by atoms with van der Waals surface area (Å²) in [5.41, 5.74) is -0.0395. The number of nitrogens with one attached hydrogen (secondary N) is 2. The molecule has 0 atom stereocenters. The highest BCUT2D eigenvalue weighted by Crippen LogP contribution is 2.22. The summed E-state index contributed by atoms with van der Waals surface area (Å²) >= 11 is 5.55. The van der Waals surface area contributed by atoms with Crippen molar-refractivity contribution in [1.82, 2.24) is 20.6 Å². The topological polar surface area (TPSA) is 83.6 Å². The van der Waals surface area contributed by atoms with E-state index in [-0.39, 0.29) is 16.5 Å². The summed E-state index contributed by atoms with van der Waals surface area (Å²) in [6.07, 6.45) is 0. The fourth-order valence-corrected chi connectivity index (χ4v) is 1.21. The number of rotatable bonds is 2. The predicted molar refractivity (Wildman–Crippen MR) is 53.5 cm³/mol. The van der Waals surface area contributed by atoms with E-state index in [0.29, 0.717) is 0 Å². The molecule has 2 rings (SSSR count). The first kappa shape index (κ1) is 10.5. The molecule has 0 aliphatic heterocycles. The Balaban J connectivity index is 2.22. The van der Waals surface area contributed by atoms with Gasteiger partial charge in [-0.3, -0.25) is 4.79 Å². The molecule has 1 aromatic carbocycles. The van der Waals surface area contributed by atoms with Crippen molar-refractivity contribution in [2.45, 2.75) is 0 Å². The number of carbonyl (C=O) groups excluding carboxylic acids is 1. The Morgan fingerprint density at radius 1 is 1.50 bits per heavy atom. The van der Waals surface area contributed by atoms with Crippen molar-refractivity contribution in [3.05, 3.63) is 34.9 Å². The molecule has 2 N–H and O–H groups in total. The maximum atomic E-state index is 13.4. The Morgan fingerprint density at radius 2 is 2.31 bits per heavy atom. The van der Waals surface area contributed by atoms with E-state index in [1.807, 2.05) is 0 Å². The molecule has 8 heteroatoms. The molecule has 82 valence electrons. The van der Waals surface area contributed by atoms with Crippen molar-refractivity contribution in [1.29, 1.82) is 0 Å². The molecule has 0 spiro atoms. The summed E-state index contributed by atoms with van der Waals surface area (Å²) in [5, 5.41) is 14.4. The lowest BCUT2D eigenvalue weighted by atomic mass is 10.3. The third kappa shape index (κ3) is 1.98. The lowest BCUT2D eigenvalue weighted by Gasteiger charge is -2.04. The van der Waals surface area contributed by atoms with E-state index in [1.54, 1.807) is 0 Å². The van der Waals surface area contributed by atoms with E-state index in [4.69, 9.17) is 11.6 Å². The minimum atomic E-state index is -0.707. The van der Waals surface area contributed by atoms with Crippen LogP contribution < -0.4 is 5.32 Å². The van der Waals surface area contributed by atoms with Crippen molar-refractivity contribution in [3.8, 4) is 0 Å². The number of nitrogens with zero attached hydrogens (tertiary/aromatic N) is 3. The van der Waals surface area contributed by atoms with Crippen molar-refractivity contribution < 1.29 is 9.18 Å². The van der Waals surface area contributed by atoms with Crippen LogP contribution in [0.1, 0.15) is 10.6 Å². The highest BCUT2D eigenvalue weighted by atomic mass is 35.5. The minimum absolute atomic E-state index is 0.0395. The number of halogens is 2. The SMILES string of the molecule is O=C(Nc1cccc(Cl)c1F)c1nn[nH]n1. The molecule has 0 fully saturated rings. The highest BCUT2D eigenvalue weighted by Gasteiger charge is 2.14. The number of anilines is 1. The largest absolute Gasteiger partial charge is 0.317 e. The van der Waals surface area contributed by atoms with Gasteiger partial charge in [0, 0.05) is 0 Å². The van der Waals surface area contributed by atoms with Gasteiger partial charge in [-0.15, -0.1) is 10.2 Å². The van der Waals surface area contributed by atoms with E-state index < -0.39 is 11.7 Å². The molecule has 0 unspecified atom stereocenters. The van der Waals surface area contributed by atoms with Crippen LogP contribution in [0, 0.1) is 5.82 Å². The summed E-state index contributed by atoms with van der Waals surface area (Å²) in [6, 6.07) is 4.26. The molecule has 16 heavy (non-hydrogen) atoms. The van der Waals surface area contributed by atoms with Crippen LogP contribution in [0.5, 0.6) is 0 Å². The predicted octanol–water partition coefficient (Wildman–Crippen LogP) is 1.24. The molecule has 0 saturated heterocycles. The highest BCUT2D eigenvalue weighted by molar-refractivity contribution is 6.31. The van der Waals surface area contributed by atoms with E-state index in [9.17, 15) is 9.18 Å². The van der Waals surface area contributed by atoms with E-state index >= 15 is 0 Å². The molecule has 1 heterocycles. The van der Waals surface area contributed by atoms with Crippen LogP contribution in [-0.2, 0) is 0 Å². The second kappa shape index (κ2) is 4.23. The molecule has 0 saturated carbocycles. The summed E-state index contributed by atoms with van der Waals surface area (Å²) in [7, 11) is 0. The first-order chi connectivity index (χ1) is 7.68. The molecule has 6 nitrogen and oxygen atoms in total. The number of hydrogen-bond donors (Lipinski definition) is 2. The smallest absolute Gasteiger partial charge is 0.297 e. The van der Waals surface area contributed by atoms with E-state index in [1.165, 1.54) is 18.2 Å². The van der Waals surface area contributed by atoms with Crippen molar-refractivity contribution >= 4 is 23.2 Å². The van der Waals surface area contributed by atoms with Crippen LogP contribution in [0.15, 0.2) is 18.2 Å². The standard InChI is InChI=1S/C8H5ClFN5O/c9-4-2-1-3-5(6(4)10)11-8(16)7-12-14-15-13-7/h1-3H,(H,11,16)(H,12,13,14,15). The average Bonchev–Trinajstić information content (AvgIpc) is 2.78. The van der Waals surface area contributed by atoms with E-state index in [2.05, 4.69) is 25.9 Å². The number of aromatic amines is 1. The Labute approximate surface area is 93.8 Å². The molecule has 1 amide bonds. The third-order valence-electron chi connectivity index (χ3n) is 1.75. The molecule has 1 aromatic heterocycles. The van der Waals surface area contributed by atoms with Gasteiger partial charge in [0.25, 0.3) is 11.7 Å². The van der Waals surface area contributed by atoms with Gasteiger partial charge in [0.2, 0.25) is 0 Å².